The van der Waals surface area contributed by atoms with Crippen molar-refractivity contribution >= 4 is 11.3 Å². The van der Waals surface area contributed by atoms with E-state index in [1.165, 1.54) is 24.0 Å². The molecule has 1 N–H and O–H groups in total. The van der Waals surface area contributed by atoms with Crippen molar-refractivity contribution in [1.82, 2.24) is 5.32 Å². The van der Waals surface area contributed by atoms with Crippen LogP contribution >= 0.6 is 11.3 Å². The van der Waals surface area contributed by atoms with Crippen molar-refractivity contribution in [2.75, 3.05) is 0 Å². The standard InChI is InChI=1S/C17H21NS/c1-13(10-14-8-9-19-12-14)18-11-16-4-2-3-5-17(16)15-6-7-15/h2-5,8-9,12-13,15,18H,6-7,10-11H2,1H3. The summed E-state index contributed by atoms with van der Waals surface area (Å²) in [6, 6.07) is 11.7. The van der Waals surface area contributed by atoms with Gasteiger partial charge in [0.2, 0.25) is 0 Å². The predicted molar refractivity (Wildman–Crippen MR) is 82.7 cm³/mol. The molecule has 0 radical (unpaired) electrons. The van der Waals surface area contributed by atoms with Gasteiger partial charge in [-0.25, -0.2) is 0 Å². The highest BCUT2D eigenvalue weighted by atomic mass is 32.1. The number of hydrogen-bond donors (Lipinski definition) is 1. The van der Waals surface area contributed by atoms with Crippen molar-refractivity contribution in [1.29, 1.82) is 0 Å². The Hall–Kier alpha value is -1.12. The molecule has 2 aromatic rings. The van der Waals surface area contributed by atoms with Crippen LogP contribution in [0.3, 0.4) is 0 Å². The predicted octanol–water partition coefficient (Wildman–Crippen LogP) is 4.35. The van der Waals surface area contributed by atoms with Gasteiger partial charge in [0.05, 0.1) is 0 Å². The first-order valence-corrected chi connectivity index (χ1v) is 8.09. The molecule has 1 aliphatic carbocycles. The summed E-state index contributed by atoms with van der Waals surface area (Å²) in [5.41, 5.74) is 4.50. The lowest BCUT2D eigenvalue weighted by atomic mass is 10.0. The van der Waals surface area contributed by atoms with Gasteiger partial charge >= 0.3 is 0 Å². The quantitative estimate of drug-likeness (QED) is 0.824. The fraction of sp³-hybridized carbons (Fsp3) is 0.412. The average molecular weight is 271 g/mol. The third-order valence-electron chi connectivity index (χ3n) is 3.84. The lowest BCUT2D eigenvalue weighted by molar-refractivity contribution is 0.544. The summed E-state index contributed by atoms with van der Waals surface area (Å²) >= 11 is 1.78. The van der Waals surface area contributed by atoms with Crippen molar-refractivity contribution in [2.45, 2.75) is 44.7 Å². The molecular formula is C17H21NS. The van der Waals surface area contributed by atoms with Crippen molar-refractivity contribution in [3.63, 3.8) is 0 Å². The van der Waals surface area contributed by atoms with Crippen LogP contribution in [-0.2, 0) is 13.0 Å². The Morgan fingerprint density at radius 2 is 2.11 bits per heavy atom. The van der Waals surface area contributed by atoms with Crippen LogP contribution in [0.4, 0.5) is 0 Å². The highest BCUT2D eigenvalue weighted by Gasteiger charge is 2.25. The second kappa shape index (κ2) is 5.89. The summed E-state index contributed by atoms with van der Waals surface area (Å²) in [6.07, 6.45) is 3.87. The molecule has 100 valence electrons. The Bertz CT molecular complexity index is 514. The first-order valence-electron chi connectivity index (χ1n) is 7.15. The zero-order valence-electron chi connectivity index (χ0n) is 11.4. The first kappa shape index (κ1) is 12.9. The summed E-state index contributed by atoms with van der Waals surface area (Å²) < 4.78 is 0. The zero-order chi connectivity index (χ0) is 13.1. The van der Waals surface area contributed by atoms with Gasteiger partial charge in [-0.15, -0.1) is 0 Å². The Balaban J connectivity index is 1.57. The fourth-order valence-corrected chi connectivity index (χ4v) is 3.29. The lowest BCUT2D eigenvalue weighted by Gasteiger charge is -2.15. The normalized spacial score (nSPS) is 16.5. The Morgan fingerprint density at radius 3 is 2.84 bits per heavy atom. The Kier molecular flexibility index (Phi) is 4.00. The molecule has 0 amide bonds. The topological polar surface area (TPSA) is 12.0 Å². The molecular weight excluding hydrogens is 250 g/mol. The molecule has 3 rings (SSSR count). The Morgan fingerprint density at radius 1 is 1.26 bits per heavy atom. The molecule has 1 aromatic carbocycles. The SMILES string of the molecule is CC(Cc1ccsc1)NCc1ccccc1C1CC1. The van der Waals surface area contributed by atoms with E-state index in [0.717, 1.165) is 18.9 Å². The molecule has 1 aromatic heterocycles. The van der Waals surface area contributed by atoms with E-state index in [-0.39, 0.29) is 0 Å². The van der Waals surface area contributed by atoms with Crippen LogP contribution in [0.1, 0.15) is 42.4 Å². The van der Waals surface area contributed by atoms with Gasteiger partial charge < -0.3 is 5.32 Å². The van der Waals surface area contributed by atoms with Crippen molar-refractivity contribution in [3.05, 3.63) is 57.8 Å². The molecule has 19 heavy (non-hydrogen) atoms. The number of hydrogen-bond acceptors (Lipinski definition) is 2. The molecule has 0 spiro atoms. The van der Waals surface area contributed by atoms with Crippen molar-refractivity contribution in [3.8, 4) is 0 Å². The molecule has 0 bridgehead atoms. The minimum absolute atomic E-state index is 0.529. The summed E-state index contributed by atoms with van der Waals surface area (Å²) in [6.45, 7) is 3.27. The number of benzene rings is 1. The molecule has 1 unspecified atom stereocenters. The summed E-state index contributed by atoms with van der Waals surface area (Å²) in [5.74, 6) is 0.838. The van der Waals surface area contributed by atoms with Crippen LogP contribution in [0, 0.1) is 0 Å². The van der Waals surface area contributed by atoms with E-state index < -0.39 is 0 Å². The summed E-state index contributed by atoms with van der Waals surface area (Å²) in [4.78, 5) is 0. The van der Waals surface area contributed by atoms with Crippen LogP contribution in [-0.4, -0.2) is 6.04 Å². The first-order chi connectivity index (χ1) is 9.33. The van der Waals surface area contributed by atoms with Gasteiger partial charge in [0, 0.05) is 12.6 Å². The van der Waals surface area contributed by atoms with Crippen molar-refractivity contribution in [2.24, 2.45) is 0 Å². The van der Waals surface area contributed by atoms with Gasteiger partial charge in [-0.3, -0.25) is 0 Å². The minimum atomic E-state index is 0.529. The van der Waals surface area contributed by atoms with Gasteiger partial charge in [-0.1, -0.05) is 24.3 Å². The summed E-state index contributed by atoms with van der Waals surface area (Å²) in [5, 5.41) is 8.07. The van der Waals surface area contributed by atoms with E-state index in [1.807, 2.05) is 0 Å². The van der Waals surface area contributed by atoms with Crippen molar-refractivity contribution < 1.29 is 0 Å². The molecule has 1 fully saturated rings. The van der Waals surface area contributed by atoms with Crippen LogP contribution in [0.2, 0.25) is 0 Å². The van der Waals surface area contributed by atoms with Gasteiger partial charge in [0.1, 0.15) is 0 Å². The molecule has 2 heteroatoms. The maximum atomic E-state index is 3.66. The van der Waals surface area contributed by atoms with Gasteiger partial charge in [0.15, 0.2) is 0 Å². The van der Waals surface area contributed by atoms with Gasteiger partial charge in [0.25, 0.3) is 0 Å². The van der Waals surface area contributed by atoms with E-state index >= 15 is 0 Å². The van der Waals surface area contributed by atoms with E-state index in [4.69, 9.17) is 0 Å². The molecule has 1 heterocycles. The minimum Gasteiger partial charge on any atom is -0.310 e. The zero-order valence-corrected chi connectivity index (χ0v) is 12.2. The lowest BCUT2D eigenvalue weighted by Crippen LogP contribution is -2.27. The third-order valence-corrected chi connectivity index (χ3v) is 4.57. The van der Waals surface area contributed by atoms with E-state index in [0.29, 0.717) is 6.04 Å². The smallest absolute Gasteiger partial charge is 0.0210 e. The van der Waals surface area contributed by atoms with Gasteiger partial charge in [-0.05, 0) is 65.6 Å². The second-order valence-corrected chi connectivity index (χ2v) is 6.37. The maximum Gasteiger partial charge on any atom is 0.0210 e. The highest BCUT2D eigenvalue weighted by Crippen LogP contribution is 2.41. The van der Waals surface area contributed by atoms with E-state index in [1.54, 1.807) is 16.9 Å². The largest absolute Gasteiger partial charge is 0.310 e. The maximum absolute atomic E-state index is 3.66. The molecule has 1 saturated carbocycles. The van der Waals surface area contributed by atoms with Crippen LogP contribution in [0.25, 0.3) is 0 Å². The average Bonchev–Trinajstić information content (AvgIpc) is 3.15. The highest BCUT2D eigenvalue weighted by molar-refractivity contribution is 7.07. The molecule has 1 aliphatic rings. The van der Waals surface area contributed by atoms with E-state index in [2.05, 4.69) is 53.3 Å². The van der Waals surface area contributed by atoms with Crippen LogP contribution < -0.4 is 5.32 Å². The number of thiophene rings is 1. The molecule has 0 aliphatic heterocycles. The number of nitrogens with one attached hydrogen (secondary N) is 1. The monoisotopic (exact) mass is 271 g/mol. The Labute approximate surface area is 119 Å². The van der Waals surface area contributed by atoms with Crippen LogP contribution in [0.15, 0.2) is 41.1 Å². The third kappa shape index (κ3) is 3.46. The van der Waals surface area contributed by atoms with Gasteiger partial charge in [-0.2, -0.15) is 11.3 Å². The second-order valence-electron chi connectivity index (χ2n) is 5.59. The van der Waals surface area contributed by atoms with Crippen LogP contribution in [0.5, 0.6) is 0 Å². The fourth-order valence-electron chi connectivity index (χ4n) is 2.61. The molecule has 0 saturated heterocycles. The summed E-state index contributed by atoms with van der Waals surface area (Å²) in [7, 11) is 0. The van der Waals surface area contributed by atoms with E-state index in [9.17, 15) is 0 Å². The number of rotatable bonds is 6. The molecule has 1 nitrogen and oxygen atoms in total. The molecule has 1 atom stereocenters.